The monoisotopic (exact) mass is 1510 g/mol. The molecule has 118 heavy (non-hydrogen) atoms. The van der Waals surface area contributed by atoms with E-state index in [2.05, 4.69) is 234 Å². The second-order valence-electron chi connectivity index (χ2n) is 28.4. The Bertz CT molecular complexity index is 6760. The largest absolute Gasteiger partial charge is 0.255 e. The lowest BCUT2D eigenvalue weighted by Crippen LogP contribution is -2.00. The number of nitrogens with zero attached hydrogens (tertiary/aromatic N) is 12. The Labute approximate surface area is 683 Å². The SMILES string of the molecule is c1ccc(-c2nc(-c3ccccc3)nc(-c3ccc(-c4ccc(-c5ccc(-c6cc(-c7ccc8ccccc8c7)cc(-c7ccccn7)n6)nc5)cc4)cc3)n2)cc1.c1ccc(-c2nc(-c3ccccc3)nc(-c3ccc(-c4ccc(-c5ccc(-c6cc(-c7ccccc7-c7ccccc7)cc(-c7ccccn7)n6)nc5)cc4)cc3)n2)cc1. The lowest BCUT2D eigenvalue weighted by molar-refractivity contribution is 1.07. The zero-order valence-corrected chi connectivity index (χ0v) is 63.8. The molecule has 8 aromatic heterocycles. The van der Waals surface area contributed by atoms with Crippen LogP contribution in [0.15, 0.2) is 425 Å². The Morgan fingerprint density at radius 3 is 0.729 bits per heavy atom. The third-order valence-electron chi connectivity index (χ3n) is 20.8. The summed E-state index contributed by atoms with van der Waals surface area (Å²) < 4.78 is 0. The van der Waals surface area contributed by atoms with Gasteiger partial charge in [-0.3, -0.25) is 19.9 Å². The first-order valence-electron chi connectivity index (χ1n) is 39.0. The van der Waals surface area contributed by atoms with Crippen molar-refractivity contribution in [2.75, 3.05) is 0 Å². The smallest absolute Gasteiger partial charge is 0.164 e. The van der Waals surface area contributed by atoms with Gasteiger partial charge in [-0.15, -0.1) is 0 Å². The quantitative estimate of drug-likeness (QED) is 0.0852. The molecule has 8 heterocycles. The van der Waals surface area contributed by atoms with E-state index in [-0.39, 0.29) is 0 Å². The lowest BCUT2D eigenvalue weighted by Gasteiger charge is -2.13. The third-order valence-corrected chi connectivity index (χ3v) is 20.8. The van der Waals surface area contributed by atoms with Crippen LogP contribution < -0.4 is 0 Å². The zero-order valence-electron chi connectivity index (χ0n) is 63.8. The van der Waals surface area contributed by atoms with Gasteiger partial charge in [-0.05, 0) is 144 Å². The van der Waals surface area contributed by atoms with Crippen LogP contribution in [0.3, 0.4) is 0 Å². The van der Waals surface area contributed by atoms with Crippen molar-refractivity contribution in [1.82, 2.24) is 59.8 Å². The van der Waals surface area contributed by atoms with Gasteiger partial charge >= 0.3 is 0 Å². The topological polar surface area (TPSA) is 155 Å². The summed E-state index contributed by atoms with van der Waals surface area (Å²) in [5, 5.41) is 2.40. The van der Waals surface area contributed by atoms with E-state index in [4.69, 9.17) is 49.8 Å². The number of rotatable bonds is 17. The summed E-state index contributed by atoms with van der Waals surface area (Å²) in [7, 11) is 0. The molecule has 0 aliphatic rings. The fourth-order valence-corrected chi connectivity index (χ4v) is 14.6. The first-order chi connectivity index (χ1) is 58.4. The van der Waals surface area contributed by atoms with Gasteiger partial charge in [0.1, 0.15) is 0 Å². The van der Waals surface area contributed by atoms with Crippen molar-refractivity contribution in [2.24, 2.45) is 0 Å². The number of hydrogen-bond donors (Lipinski definition) is 0. The van der Waals surface area contributed by atoms with Gasteiger partial charge in [-0.1, -0.05) is 334 Å². The molecule has 0 saturated heterocycles. The summed E-state index contributed by atoms with van der Waals surface area (Å²) in [6.07, 6.45) is 7.45. The molecule has 12 aromatic carbocycles. The van der Waals surface area contributed by atoms with Crippen molar-refractivity contribution in [1.29, 1.82) is 0 Å². The minimum atomic E-state index is 0.632. The van der Waals surface area contributed by atoms with Crippen molar-refractivity contribution in [2.45, 2.75) is 0 Å². The van der Waals surface area contributed by atoms with Gasteiger partial charge < -0.3 is 0 Å². The molecule has 0 spiro atoms. The van der Waals surface area contributed by atoms with Gasteiger partial charge in [0.25, 0.3) is 0 Å². The van der Waals surface area contributed by atoms with Crippen LogP contribution in [0, 0.1) is 0 Å². The number of fused-ring (bicyclic) bond motifs is 1. The van der Waals surface area contributed by atoms with Crippen LogP contribution in [0.25, 0.3) is 203 Å². The highest BCUT2D eigenvalue weighted by Crippen LogP contribution is 2.39. The highest BCUT2D eigenvalue weighted by atomic mass is 15.0. The molecule has 0 fully saturated rings. The number of hydrogen-bond acceptors (Lipinski definition) is 12. The van der Waals surface area contributed by atoms with Crippen molar-refractivity contribution < 1.29 is 0 Å². The first kappa shape index (κ1) is 72.1. The van der Waals surface area contributed by atoms with Gasteiger partial charge in [0.05, 0.1) is 45.6 Å². The molecule has 0 atom stereocenters. The molecule has 0 amide bonds. The molecular formula is C106H70N12. The maximum atomic E-state index is 5.08. The Hall–Kier alpha value is -16.2. The second kappa shape index (κ2) is 33.2. The second-order valence-corrected chi connectivity index (χ2v) is 28.4. The summed E-state index contributed by atoms with van der Waals surface area (Å²) in [4.78, 5) is 58.4. The van der Waals surface area contributed by atoms with Crippen LogP contribution in [-0.4, -0.2) is 59.8 Å². The Morgan fingerprint density at radius 1 is 0.127 bits per heavy atom. The minimum Gasteiger partial charge on any atom is -0.255 e. The summed E-state index contributed by atoms with van der Waals surface area (Å²) in [6.45, 7) is 0. The molecule has 0 bridgehead atoms. The van der Waals surface area contributed by atoms with E-state index < -0.39 is 0 Å². The van der Waals surface area contributed by atoms with Crippen LogP contribution in [-0.2, 0) is 0 Å². The van der Waals surface area contributed by atoms with Crippen molar-refractivity contribution in [3.8, 4) is 192 Å². The van der Waals surface area contributed by atoms with E-state index in [1.165, 1.54) is 10.8 Å². The van der Waals surface area contributed by atoms with Crippen molar-refractivity contribution in [3.63, 3.8) is 0 Å². The van der Waals surface area contributed by atoms with E-state index in [1.54, 1.807) is 12.4 Å². The Balaban J connectivity index is 0.000000157. The summed E-state index contributed by atoms with van der Waals surface area (Å²) in [5.41, 5.74) is 27.3. The summed E-state index contributed by atoms with van der Waals surface area (Å²) >= 11 is 0. The maximum Gasteiger partial charge on any atom is 0.164 e. The highest BCUT2D eigenvalue weighted by Gasteiger charge is 2.19. The highest BCUT2D eigenvalue weighted by molar-refractivity contribution is 5.90. The van der Waals surface area contributed by atoms with E-state index in [9.17, 15) is 0 Å². The van der Waals surface area contributed by atoms with Gasteiger partial charge in [-0.25, -0.2) is 39.9 Å². The van der Waals surface area contributed by atoms with Crippen LogP contribution in [0.4, 0.5) is 0 Å². The number of benzene rings is 12. The fraction of sp³-hybridized carbons (Fsp3) is 0. The van der Waals surface area contributed by atoms with Gasteiger partial charge in [-0.2, -0.15) is 0 Å². The fourth-order valence-electron chi connectivity index (χ4n) is 14.6. The minimum absolute atomic E-state index is 0.632. The average molecular weight is 1510 g/mol. The summed E-state index contributed by atoms with van der Waals surface area (Å²) in [5.74, 6) is 3.84. The molecule has 0 aliphatic carbocycles. The molecule has 12 heteroatoms. The van der Waals surface area contributed by atoms with Crippen LogP contribution in [0.5, 0.6) is 0 Å². The first-order valence-corrected chi connectivity index (χ1v) is 39.0. The number of aromatic nitrogens is 12. The summed E-state index contributed by atoms with van der Waals surface area (Å²) in [6, 6.07) is 137. The molecule has 0 radical (unpaired) electrons. The molecule has 554 valence electrons. The van der Waals surface area contributed by atoms with Gasteiger partial charge in [0, 0.05) is 69.3 Å². The van der Waals surface area contributed by atoms with E-state index in [0.717, 1.165) is 157 Å². The number of pyridine rings is 6. The predicted molar refractivity (Wildman–Crippen MR) is 476 cm³/mol. The third kappa shape index (κ3) is 16.0. The molecule has 20 aromatic rings. The van der Waals surface area contributed by atoms with E-state index in [1.807, 2.05) is 188 Å². The predicted octanol–water partition coefficient (Wildman–Crippen LogP) is 25.6. The molecule has 0 aliphatic heterocycles. The van der Waals surface area contributed by atoms with Crippen molar-refractivity contribution in [3.05, 3.63) is 425 Å². The lowest BCUT2D eigenvalue weighted by atomic mass is 9.93. The van der Waals surface area contributed by atoms with Crippen LogP contribution >= 0.6 is 0 Å². The Morgan fingerprint density at radius 2 is 0.390 bits per heavy atom. The van der Waals surface area contributed by atoms with Crippen LogP contribution in [0.1, 0.15) is 0 Å². The molecular weight excluding hydrogens is 1440 g/mol. The van der Waals surface area contributed by atoms with E-state index >= 15 is 0 Å². The zero-order chi connectivity index (χ0) is 78.8. The van der Waals surface area contributed by atoms with Gasteiger partial charge in [0.2, 0.25) is 0 Å². The maximum absolute atomic E-state index is 5.08. The molecule has 0 unspecified atom stereocenters. The van der Waals surface area contributed by atoms with E-state index in [0.29, 0.717) is 34.9 Å². The molecule has 0 N–H and O–H groups in total. The molecule has 20 rings (SSSR count). The van der Waals surface area contributed by atoms with Crippen LogP contribution in [0.2, 0.25) is 0 Å². The molecule has 0 saturated carbocycles. The van der Waals surface area contributed by atoms with Crippen molar-refractivity contribution >= 4 is 10.8 Å². The normalized spacial score (nSPS) is 11.1. The molecule has 12 nitrogen and oxygen atoms in total. The standard InChI is InChI=1S/C54H36N6.C52H34N6/c1-4-14-40(15-5-1)46-20-10-11-21-47(46)45-34-50(48-22-12-13-33-55-48)57-51(35-45)49-32-31-44(36-56-49)39-25-23-37(24-26-39)38-27-29-43(30-28-38)54-59-52(41-16-6-2-7-17-41)58-53(60-54)42-18-8-3-9-19-42;1-3-12-39(13-4-1)50-56-51(40-14-5-2-6-15-40)58-52(57-50)41-25-22-37(23-26-41)36-18-20-38(21-19-36)44-28-29-47(54-34-44)49-33-45(32-48(55-49)46-17-9-10-30-53-46)43-27-24-35-11-7-8-16-42(35)31-43/h1-36H;1-34H. The average Bonchev–Trinajstić information content (AvgIpc) is 0.859. The Kier molecular flexibility index (Phi) is 20.3. The van der Waals surface area contributed by atoms with Gasteiger partial charge in [0.15, 0.2) is 34.9 Å².